The average molecular weight is 289 g/mol. The predicted octanol–water partition coefficient (Wildman–Crippen LogP) is 0.770. The molecule has 2 N–H and O–H groups in total. The minimum absolute atomic E-state index is 0.00941. The first-order chi connectivity index (χ1) is 9.56. The topological polar surface area (TPSA) is 94.4 Å². The van der Waals surface area contributed by atoms with Gasteiger partial charge in [0, 0.05) is 5.69 Å². The van der Waals surface area contributed by atoms with Crippen molar-refractivity contribution in [1.82, 2.24) is 5.32 Å². The third kappa shape index (κ3) is 3.42. The molecule has 1 aromatic carbocycles. The van der Waals surface area contributed by atoms with E-state index in [0.29, 0.717) is 5.69 Å². The van der Waals surface area contributed by atoms with Gasteiger partial charge in [0.25, 0.3) is 5.91 Å². The first kappa shape index (κ1) is 13.8. The Hall–Kier alpha value is -2.67. The number of furan rings is 1. The molecule has 0 atom stereocenters. The molecule has 2 rings (SSSR count). The van der Waals surface area contributed by atoms with Crippen LogP contribution in [0.15, 0.2) is 47.1 Å². The molecule has 102 valence electrons. The van der Waals surface area contributed by atoms with Gasteiger partial charge in [0.15, 0.2) is 10.9 Å². The van der Waals surface area contributed by atoms with Crippen LogP contribution in [0, 0.1) is 0 Å². The molecular weight excluding hydrogens is 280 g/mol. The molecular formula is C13H9N2O4S-. The maximum Gasteiger partial charge on any atom is 0.293 e. The minimum Gasteiger partial charge on any atom is -0.545 e. The molecule has 7 heteroatoms. The number of benzene rings is 1. The third-order valence-corrected chi connectivity index (χ3v) is 2.53. The molecule has 6 nitrogen and oxygen atoms in total. The van der Waals surface area contributed by atoms with E-state index in [0.717, 1.165) is 0 Å². The third-order valence-electron chi connectivity index (χ3n) is 2.33. The van der Waals surface area contributed by atoms with Gasteiger partial charge in [0.2, 0.25) is 0 Å². The van der Waals surface area contributed by atoms with Gasteiger partial charge in [-0.25, -0.2) is 0 Å². The van der Waals surface area contributed by atoms with E-state index < -0.39 is 11.9 Å². The van der Waals surface area contributed by atoms with E-state index in [9.17, 15) is 14.7 Å². The molecule has 1 heterocycles. The van der Waals surface area contributed by atoms with E-state index in [1.54, 1.807) is 12.1 Å². The second-order valence-corrected chi connectivity index (χ2v) is 4.16. The molecule has 2 aromatic rings. The maximum absolute atomic E-state index is 11.6. The van der Waals surface area contributed by atoms with Crippen molar-refractivity contribution in [3.8, 4) is 0 Å². The highest BCUT2D eigenvalue weighted by Gasteiger charge is 2.10. The minimum atomic E-state index is -1.29. The molecule has 1 aromatic heterocycles. The number of carboxylic acid groups (broad SMARTS) is 1. The summed E-state index contributed by atoms with van der Waals surface area (Å²) in [6.45, 7) is 0. The van der Waals surface area contributed by atoms with Gasteiger partial charge in [0.05, 0.1) is 12.2 Å². The largest absolute Gasteiger partial charge is 0.545 e. The van der Waals surface area contributed by atoms with Crippen molar-refractivity contribution in [2.75, 3.05) is 5.32 Å². The summed E-state index contributed by atoms with van der Waals surface area (Å²) in [5.41, 5.74) is 0.437. The Morgan fingerprint density at radius 2 is 2.00 bits per heavy atom. The standard InChI is InChI=1S/C13H10N2O4S/c16-11(10-5-2-6-19-10)15-13(20)14-9-4-1-3-8(7-9)12(17)18/h1-7H,(H,17,18)(H2,14,15,16,20)/p-1. The highest BCUT2D eigenvalue weighted by molar-refractivity contribution is 7.80. The summed E-state index contributed by atoms with van der Waals surface area (Å²) < 4.78 is 4.91. The van der Waals surface area contributed by atoms with Crippen LogP contribution in [0.4, 0.5) is 5.69 Å². The molecule has 1 amide bonds. The van der Waals surface area contributed by atoms with Gasteiger partial charge in [-0.15, -0.1) is 0 Å². The van der Waals surface area contributed by atoms with Gasteiger partial charge in [0.1, 0.15) is 0 Å². The summed E-state index contributed by atoms with van der Waals surface area (Å²) in [7, 11) is 0. The number of carbonyl (C=O) groups excluding carboxylic acids is 2. The van der Waals surface area contributed by atoms with Gasteiger partial charge in [-0.05, 0) is 42.0 Å². The Labute approximate surface area is 119 Å². The lowest BCUT2D eigenvalue weighted by atomic mass is 10.2. The Kier molecular flexibility index (Phi) is 4.11. The number of anilines is 1. The van der Waals surface area contributed by atoms with Crippen molar-refractivity contribution in [1.29, 1.82) is 0 Å². The monoisotopic (exact) mass is 289 g/mol. The summed E-state index contributed by atoms with van der Waals surface area (Å²) in [4.78, 5) is 22.4. The highest BCUT2D eigenvalue weighted by Crippen LogP contribution is 2.10. The summed E-state index contributed by atoms with van der Waals surface area (Å²) in [6, 6.07) is 8.96. The second-order valence-electron chi connectivity index (χ2n) is 3.75. The summed E-state index contributed by atoms with van der Waals surface area (Å²) in [5.74, 6) is -1.67. The first-order valence-corrected chi connectivity index (χ1v) is 5.94. The van der Waals surface area contributed by atoms with E-state index in [-0.39, 0.29) is 16.4 Å². The maximum atomic E-state index is 11.6. The van der Waals surface area contributed by atoms with E-state index in [1.165, 1.54) is 30.5 Å². The van der Waals surface area contributed by atoms with Crippen molar-refractivity contribution in [3.63, 3.8) is 0 Å². The van der Waals surface area contributed by atoms with Crippen LogP contribution in [0.1, 0.15) is 20.9 Å². The summed E-state index contributed by atoms with van der Waals surface area (Å²) >= 11 is 4.95. The SMILES string of the molecule is O=C([O-])c1cccc(NC(=S)NC(=O)c2ccco2)c1. The zero-order valence-electron chi connectivity index (χ0n) is 10.1. The van der Waals surface area contributed by atoms with Crippen LogP contribution in [0.5, 0.6) is 0 Å². The smallest absolute Gasteiger partial charge is 0.293 e. The Morgan fingerprint density at radius 3 is 2.65 bits per heavy atom. The van der Waals surface area contributed by atoms with Crippen LogP contribution in [0.25, 0.3) is 0 Å². The normalized spacial score (nSPS) is 9.80. The number of hydrogen-bond donors (Lipinski definition) is 2. The van der Waals surface area contributed by atoms with Crippen molar-refractivity contribution in [2.45, 2.75) is 0 Å². The van der Waals surface area contributed by atoms with Crippen LogP contribution in [-0.2, 0) is 0 Å². The van der Waals surface area contributed by atoms with Crippen LogP contribution in [0.3, 0.4) is 0 Å². The number of carbonyl (C=O) groups is 2. The Bertz CT molecular complexity index is 652. The molecule has 0 unspecified atom stereocenters. The van der Waals surface area contributed by atoms with Gasteiger partial charge in [-0.2, -0.15) is 0 Å². The fraction of sp³-hybridized carbons (Fsp3) is 0. The molecule has 0 aliphatic carbocycles. The lowest BCUT2D eigenvalue weighted by Crippen LogP contribution is -2.34. The van der Waals surface area contributed by atoms with Crippen molar-refractivity contribution in [3.05, 3.63) is 54.0 Å². The highest BCUT2D eigenvalue weighted by atomic mass is 32.1. The van der Waals surface area contributed by atoms with Crippen LogP contribution < -0.4 is 15.7 Å². The number of carboxylic acids is 1. The molecule has 0 saturated carbocycles. The number of thiocarbonyl (C=S) groups is 1. The lowest BCUT2D eigenvalue weighted by Gasteiger charge is -2.10. The molecule has 20 heavy (non-hydrogen) atoms. The van der Waals surface area contributed by atoms with Crippen LogP contribution >= 0.6 is 12.2 Å². The molecule has 0 saturated heterocycles. The average Bonchev–Trinajstić information content (AvgIpc) is 2.92. The van der Waals surface area contributed by atoms with Gasteiger partial charge < -0.3 is 19.6 Å². The van der Waals surface area contributed by atoms with Crippen LogP contribution in [-0.4, -0.2) is 17.0 Å². The van der Waals surface area contributed by atoms with E-state index in [4.69, 9.17) is 16.6 Å². The zero-order chi connectivity index (χ0) is 14.5. The fourth-order valence-corrected chi connectivity index (χ4v) is 1.67. The Balaban J connectivity index is 1.99. The molecule has 0 aliphatic rings. The van der Waals surface area contributed by atoms with E-state index in [1.807, 2.05) is 0 Å². The van der Waals surface area contributed by atoms with E-state index >= 15 is 0 Å². The molecule has 0 bridgehead atoms. The second kappa shape index (κ2) is 5.98. The number of amides is 1. The lowest BCUT2D eigenvalue weighted by molar-refractivity contribution is -0.255. The number of rotatable bonds is 3. The summed E-state index contributed by atoms with van der Waals surface area (Å²) in [5, 5.41) is 15.8. The molecule has 0 spiro atoms. The number of aromatic carboxylic acids is 1. The first-order valence-electron chi connectivity index (χ1n) is 5.53. The van der Waals surface area contributed by atoms with E-state index in [2.05, 4.69) is 10.6 Å². The number of nitrogens with one attached hydrogen (secondary N) is 2. The van der Waals surface area contributed by atoms with Gasteiger partial charge >= 0.3 is 0 Å². The molecule has 0 radical (unpaired) electrons. The predicted molar refractivity (Wildman–Crippen MR) is 73.2 cm³/mol. The zero-order valence-corrected chi connectivity index (χ0v) is 10.9. The fourth-order valence-electron chi connectivity index (χ4n) is 1.46. The summed E-state index contributed by atoms with van der Waals surface area (Å²) in [6.07, 6.45) is 1.37. The van der Waals surface area contributed by atoms with Crippen molar-refractivity contribution in [2.24, 2.45) is 0 Å². The van der Waals surface area contributed by atoms with Crippen molar-refractivity contribution >= 4 is 34.9 Å². The van der Waals surface area contributed by atoms with Gasteiger partial charge in [-0.3, -0.25) is 10.1 Å². The quantitative estimate of drug-likeness (QED) is 0.810. The molecule has 0 fully saturated rings. The number of hydrogen-bond acceptors (Lipinski definition) is 5. The van der Waals surface area contributed by atoms with Crippen LogP contribution in [0.2, 0.25) is 0 Å². The van der Waals surface area contributed by atoms with Gasteiger partial charge in [-0.1, -0.05) is 12.1 Å². The Morgan fingerprint density at radius 1 is 1.20 bits per heavy atom. The molecule has 0 aliphatic heterocycles. The van der Waals surface area contributed by atoms with Crippen molar-refractivity contribution < 1.29 is 19.1 Å².